The summed E-state index contributed by atoms with van der Waals surface area (Å²) in [6, 6.07) is 0. The van der Waals surface area contributed by atoms with Gasteiger partial charge in [-0.25, -0.2) is 6.54 Å². The maximum atomic E-state index is 7.69. The van der Waals surface area contributed by atoms with Crippen molar-refractivity contribution in [2.24, 2.45) is 5.73 Å². The van der Waals surface area contributed by atoms with Gasteiger partial charge < -0.3 is 10.8 Å². The van der Waals surface area contributed by atoms with E-state index in [1.807, 2.05) is 0 Å². The van der Waals surface area contributed by atoms with E-state index in [4.69, 9.17) is 5.11 Å². The van der Waals surface area contributed by atoms with E-state index in [1.165, 1.54) is 6.54 Å². The molecule has 0 unspecified atom stereocenters. The molecule has 2 nitrogen and oxygen atoms in total. The quantitative estimate of drug-likeness (QED) is 0.474. The predicted octanol–water partition coefficient (Wildman–Crippen LogP) is -0.903. The van der Waals surface area contributed by atoms with E-state index >= 15 is 0 Å². The Bertz CT molecular complexity index is 11.6. The number of hydrogen-bond acceptors (Lipinski definition) is 2. The van der Waals surface area contributed by atoms with Gasteiger partial charge in [-0.3, -0.25) is 0 Å². The minimum absolute atomic E-state index is 0. The smallest absolute Gasteiger partial charge is 0 e. The first-order chi connectivity index (χ1) is 1.91. The van der Waals surface area contributed by atoms with Crippen molar-refractivity contribution in [1.82, 2.24) is 0 Å². The van der Waals surface area contributed by atoms with Gasteiger partial charge in [-0.15, -0.1) is 0 Å². The van der Waals surface area contributed by atoms with Gasteiger partial charge in [-0.1, -0.05) is 6.61 Å². The Morgan fingerprint density at radius 2 is 2.00 bits per heavy atom. The second-order valence-electron chi connectivity index (χ2n) is 0.418. The maximum absolute atomic E-state index is 7.69. The summed E-state index contributed by atoms with van der Waals surface area (Å²) in [4.78, 5) is 0. The van der Waals surface area contributed by atoms with Crippen molar-refractivity contribution in [1.29, 1.82) is 0 Å². The van der Waals surface area contributed by atoms with E-state index in [-0.39, 0.29) is 39.3 Å². The summed E-state index contributed by atoms with van der Waals surface area (Å²) in [6.07, 6.45) is 0. The number of aliphatic hydroxyl groups excluding tert-OH is 1. The molecule has 0 aromatic heterocycles. The van der Waals surface area contributed by atoms with Crippen molar-refractivity contribution in [3.05, 3.63) is 6.54 Å². The fourth-order valence-corrected chi connectivity index (χ4v) is 0. The summed E-state index contributed by atoms with van der Waals surface area (Å²) in [7, 11) is 0. The molecule has 0 saturated carbocycles. The van der Waals surface area contributed by atoms with Crippen LogP contribution in [0.1, 0.15) is 0 Å². The first-order valence-electron chi connectivity index (χ1n) is 1.06. The van der Waals surface area contributed by atoms with Gasteiger partial charge in [-0.2, -0.15) is 0 Å². The summed E-state index contributed by atoms with van der Waals surface area (Å²) < 4.78 is 0. The topological polar surface area (TPSA) is 46.2 Å². The fourth-order valence-electron chi connectivity index (χ4n) is 0. The van der Waals surface area contributed by atoms with Crippen LogP contribution in [0.4, 0.5) is 0 Å². The van der Waals surface area contributed by atoms with Crippen molar-refractivity contribution in [2.45, 2.75) is 0 Å². The van der Waals surface area contributed by atoms with E-state index in [2.05, 4.69) is 5.73 Å². The molecule has 0 aliphatic rings. The molecule has 0 aliphatic carbocycles. The van der Waals surface area contributed by atoms with Crippen LogP contribution in [0.5, 0.6) is 0 Å². The van der Waals surface area contributed by atoms with Gasteiger partial charge in [0, 0.05) is 32.7 Å². The first kappa shape index (κ1) is 9.39. The van der Waals surface area contributed by atoms with E-state index in [9.17, 15) is 0 Å². The number of aliphatic hydroxyl groups is 1. The zero-order valence-corrected chi connectivity index (χ0v) is 5.72. The molecule has 0 bridgehead atoms. The summed E-state index contributed by atoms with van der Waals surface area (Å²) in [5.41, 5.74) is 4.65. The first-order valence-corrected chi connectivity index (χ1v) is 1.06. The minimum Gasteiger partial charge on any atom is -0.481 e. The standard InChI is InChI=1S/C2H6NO.Y/c3-1-2-4;/h1,4H,2-3H2;/q-1;. The third kappa shape index (κ3) is 11.2. The zero-order chi connectivity index (χ0) is 3.41. The number of rotatable bonds is 1. The van der Waals surface area contributed by atoms with Gasteiger partial charge in [0.15, 0.2) is 0 Å². The van der Waals surface area contributed by atoms with Crippen molar-refractivity contribution in [3.8, 4) is 0 Å². The number of nitrogens with two attached hydrogens (primary N) is 1. The van der Waals surface area contributed by atoms with Crippen LogP contribution in [0, 0.1) is 6.54 Å². The van der Waals surface area contributed by atoms with Crippen LogP contribution < -0.4 is 5.73 Å². The molecular formula is C2H6NOY-. The largest absolute Gasteiger partial charge is 0.481 e. The third-order valence-electron chi connectivity index (χ3n) is 0.105. The molecule has 3 heteroatoms. The molecule has 0 amide bonds. The summed E-state index contributed by atoms with van der Waals surface area (Å²) in [5, 5.41) is 7.69. The molecule has 5 heavy (non-hydrogen) atoms. The Labute approximate surface area is 56.6 Å². The second-order valence-corrected chi connectivity index (χ2v) is 0.418. The molecular weight excluding hydrogens is 143 g/mol. The monoisotopic (exact) mass is 149 g/mol. The third-order valence-corrected chi connectivity index (χ3v) is 0.105. The molecule has 0 aromatic rings. The molecule has 0 atom stereocenters. The second kappa shape index (κ2) is 8.90. The molecule has 0 spiro atoms. The Morgan fingerprint density at radius 1 is 1.80 bits per heavy atom. The predicted molar refractivity (Wildman–Crippen MR) is 15.6 cm³/mol. The van der Waals surface area contributed by atoms with E-state index in [0.717, 1.165) is 0 Å². The van der Waals surface area contributed by atoms with Crippen molar-refractivity contribution in [2.75, 3.05) is 6.61 Å². The Kier molecular flexibility index (Phi) is 16.7. The molecule has 0 aliphatic heterocycles. The van der Waals surface area contributed by atoms with Gasteiger partial charge >= 0.3 is 0 Å². The average molecular weight is 149 g/mol. The van der Waals surface area contributed by atoms with Gasteiger partial charge in [0.2, 0.25) is 0 Å². The summed E-state index contributed by atoms with van der Waals surface area (Å²) in [6.45, 7) is 1.15. The molecule has 29 valence electrons. The number of hydrogen-bond donors (Lipinski definition) is 2. The molecule has 0 rings (SSSR count). The average Bonchev–Trinajstić information content (AvgIpc) is 1.37. The molecule has 0 aromatic carbocycles. The van der Waals surface area contributed by atoms with Crippen LogP contribution in [-0.2, 0) is 32.7 Å². The fraction of sp³-hybridized carbons (Fsp3) is 0.500. The van der Waals surface area contributed by atoms with Crippen LogP contribution in [-0.4, -0.2) is 11.7 Å². The van der Waals surface area contributed by atoms with Gasteiger partial charge in [0.1, 0.15) is 0 Å². The van der Waals surface area contributed by atoms with E-state index < -0.39 is 0 Å². The molecule has 0 heterocycles. The van der Waals surface area contributed by atoms with Crippen molar-refractivity contribution in [3.63, 3.8) is 0 Å². The van der Waals surface area contributed by atoms with Crippen LogP contribution >= 0.6 is 0 Å². The molecule has 0 saturated heterocycles. The summed E-state index contributed by atoms with van der Waals surface area (Å²) >= 11 is 0. The maximum Gasteiger partial charge on any atom is 0 e. The van der Waals surface area contributed by atoms with Gasteiger partial charge in [-0.05, 0) is 0 Å². The molecule has 1 radical (unpaired) electrons. The van der Waals surface area contributed by atoms with Crippen molar-refractivity contribution >= 4 is 0 Å². The van der Waals surface area contributed by atoms with E-state index in [0.29, 0.717) is 0 Å². The summed E-state index contributed by atoms with van der Waals surface area (Å²) in [5.74, 6) is 0. The minimum atomic E-state index is -0.0278. The van der Waals surface area contributed by atoms with Crippen LogP contribution in [0.3, 0.4) is 0 Å². The van der Waals surface area contributed by atoms with Gasteiger partial charge in [0.25, 0.3) is 0 Å². The van der Waals surface area contributed by atoms with E-state index in [1.54, 1.807) is 0 Å². The SMILES string of the molecule is N[CH-]CO.[Y]. The van der Waals surface area contributed by atoms with Crippen LogP contribution in [0.2, 0.25) is 0 Å². The molecule has 0 fully saturated rings. The normalized spacial score (nSPS) is 6.00. The molecule has 3 N–H and O–H groups in total. The van der Waals surface area contributed by atoms with Crippen LogP contribution in [0.15, 0.2) is 0 Å². The Morgan fingerprint density at radius 3 is 2.00 bits per heavy atom. The Hall–Kier alpha value is 1.02. The van der Waals surface area contributed by atoms with Crippen LogP contribution in [0.25, 0.3) is 0 Å². The Balaban J connectivity index is 0. The van der Waals surface area contributed by atoms with Crippen molar-refractivity contribution < 1.29 is 37.8 Å². The van der Waals surface area contributed by atoms with Gasteiger partial charge in [0.05, 0.1) is 0 Å². The zero-order valence-electron chi connectivity index (χ0n) is 2.89.